The molecule has 0 aliphatic rings. The van der Waals surface area contributed by atoms with Gasteiger partial charge in [0, 0.05) is 11.2 Å². The van der Waals surface area contributed by atoms with Gasteiger partial charge in [-0.15, -0.1) is 8.78 Å². The molecule has 0 aliphatic carbocycles. The standard InChI is InChI=1S/C3H3ClF4OS/c1-10(9)3(7,8)2(4,5)6/h1H3. The highest BCUT2D eigenvalue weighted by Crippen LogP contribution is 2.41. The van der Waals surface area contributed by atoms with Crippen LogP contribution in [0.3, 0.4) is 0 Å². The second-order valence-corrected chi connectivity index (χ2v) is 3.36. The van der Waals surface area contributed by atoms with Gasteiger partial charge in [0.05, 0.1) is 0 Å². The molecule has 0 saturated heterocycles. The van der Waals surface area contributed by atoms with Gasteiger partial charge in [-0.2, -0.15) is 8.78 Å². The van der Waals surface area contributed by atoms with Crippen LogP contribution in [0.2, 0.25) is 0 Å². The third-order valence-electron chi connectivity index (χ3n) is 0.691. The minimum Gasteiger partial charge on any atom is -0.612 e. The molecule has 0 saturated carbocycles. The van der Waals surface area contributed by atoms with E-state index in [4.69, 9.17) is 0 Å². The van der Waals surface area contributed by atoms with Crippen LogP contribution in [0.5, 0.6) is 0 Å². The Morgan fingerprint density at radius 3 is 1.60 bits per heavy atom. The molecule has 0 fully saturated rings. The van der Waals surface area contributed by atoms with Crippen molar-refractivity contribution < 1.29 is 22.1 Å². The SMILES string of the molecule is C[S+]([O-])C(F)(F)C(F)(F)Cl. The number of hydrogen-bond donors (Lipinski definition) is 0. The summed E-state index contributed by atoms with van der Waals surface area (Å²) in [6, 6.07) is 0. The molecule has 1 unspecified atom stereocenters. The largest absolute Gasteiger partial charge is 0.612 e. The summed E-state index contributed by atoms with van der Waals surface area (Å²) >= 11 is 0.983. The summed E-state index contributed by atoms with van der Waals surface area (Å²) in [7, 11) is 0. The van der Waals surface area contributed by atoms with E-state index in [9.17, 15) is 22.1 Å². The summed E-state index contributed by atoms with van der Waals surface area (Å²) in [5.41, 5.74) is 0. The Morgan fingerprint density at radius 2 is 1.60 bits per heavy atom. The normalized spacial score (nSPS) is 17.1. The van der Waals surface area contributed by atoms with Crippen LogP contribution < -0.4 is 0 Å². The number of rotatable bonds is 2. The summed E-state index contributed by atoms with van der Waals surface area (Å²) in [5.74, 6) is 0. The summed E-state index contributed by atoms with van der Waals surface area (Å²) < 4.78 is 56.8. The molecule has 0 rings (SSSR count). The summed E-state index contributed by atoms with van der Waals surface area (Å²) in [5, 5.41) is -9.40. The van der Waals surface area contributed by atoms with E-state index in [1.165, 1.54) is 0 Å². The zero-order valence-electron chi connectivity index (χ0n) is 4.71. The smallest absolute Gasteiger partial charge is 0.486 e. The summed E-state index contributed by atoms with van der Waals surface area (Å²) in [6.45, 7) is 0. The lowest BCUT2D eigenvalue weighted by atomic mass is 10.7. The van der Waals surface area contributed by atoms with Crippen molar-refractivity contribution in [2.24, 2.45) is 0 Å². The Kier molecular flexibility index (Phi) is 2.84. The van der Waals surface area contributed by atoms with Crippen LogP contribution in [0.25, 0.3) is 0 Å². The van der Waals surface area contributed by atoms with Crippen LogP contribution in [-0.2, 0) is 11.2 Å². The van der Waals surface area contributed by atoms with Crippen molar-refractivity contribution in [2.75, 3.05) is 6.26 Å². The average Bonchev–Trinajstić information content (AvgIpc) is 1.62. The Labute approximate surface area is 62.5 Å². The van der Waals surface area contributed by atoms with Gasteiger partial charge < -0.3 is 4.55 Å². The minimum absolute atomic E-state index is 0.455. The third kappa shape index (κ3) is 1.90. The van der Waals surface area contributed by atoms with Crippen LogP contribution in [0.4, 0.5) is 17.6 Å². The zero-order valence-corrected chi connectivity index (χ0v) is 6.28. The number of alkyl halides is 5. The second kappa shape index (κ2) is 2.75. The van der Waals surface area contributed by atoms with Crippen LogP contribution in [0.15, 0.2) is 0 Å². The predicted molar refractivity (Wildman–Crippen MR) is 29.8 cm³/mol. The van der Waals surface area contributed by atoms with Gasteiger partial charge in [-0.1, -0.05) is 0 Å². The number of halogens is 5. The van der Waals surface area contributed by atoms with E-state index in [-0.39, 0.29) is 0 Å². The second-order valence-electron chi connectivity index (χ2n) is 1.47. The summed E-state index contributed by atoms with van der Waals surface area (Å²) in [4.78, 5) is 0. The third-order valence-corrected chi connectivity index (χ3v) is 2.02. The van der Waals surface area contributed by atoms with Gasteiger partial charge in [0.2, 0.25) is 0 Å². The van der Waals surface area contributed by atoms with Gasteiger partial charge in [-0.25, -0.2) is 0 Å². The van der Waals surface area contributed by atoms with Gasteiger partial charge in [0.25, 0.3) is 0 Å². The fourth-order valence-electron chi connectivity index (χ4n) is 0.163. The van der Waals surface area contributed by atoms with E-state index in [2.05, 4.69) is 11.6 Å². The highest BCUT2D eigenvalue weighted by Gasteiger charge is 2.64. The molecule has 0 aromatic rings. The van der Waals surface area contributed by atoms with Crippen molar-refractivity contribution in [3.8, 4) is 0 Å². The first-order valence-electron chi connectivity index (χ1n) is 1.97. The van der Waals surface area contributed by atoms with Crippen molar-refractivity contribution in [2.45, 2.75) is 10.6 Å². The molecule has 0 radical (unpaired) electrons. The van der Waals surface area contributed by atoms with Crippen LogP contribution in [0, 0.1) is 0 Å². The fraction of sp³-hybridized carbons (Fsp3) is 1.00. The molecule has 0 aromatic carbocycles. The van der Waals surface area contributed by atoms with Crippen LogP contribution in [-0.4, -0.2) is 21.4 Å². The molecule has 0 aliphatic heterocycles. The molecule has 0 heterocycles. The Morgan fingerprint density at radius 1 is 1.30 bits per heavy atom. The molecule has 1 atom stereocenters. The Bertz CT molecular complexity index is 122. The zero-order chi connectivity index (χ0) is 8.58. The molecule has 0 spiro atoms. The van der Waals surface area contributed by atoms with Crippen molar-refractivity contribution in [1.29, 1.82) is 0 Å². The maximum Gasteiger partial charge on any atom is 0.486 e. The first-order valence-corrected chi connectivity index (χ1v) is 3.91. The first-order chi connectivity index (χ1) is 4.19. The number of hydrogen-bond acceptors (Lipinski definition) is 1. The monoisotopic (exact) mass is 198 g/mol. The molecule has 7 heteroatoms. The van der Waals surface area contributed by atoms with E-state index < -0.39 is 21.8 Å². The lowest BCUT2D eigenvalue weighted by molar-refractivity contribution is -0.0959. The van der Waals surface area contributed by atoms with E-state index in [1.807, 2.05) is 0 Å². The minimum atomic E-state index is -4.74. The van der Waals surface area contributed by atoms with Gasteiger partial charge in [0.1, 0.15) is 6.26 Å². The highest BCUT2D eigenvalue weighted by atomic mass is 35.5. The molecule has 1 nitrogen and oxygen atoms in total. The van der Waals surface area contributed by atoms with Gasteiger partial charge in [-0.3, -0.25) is 0 Å². The van der Waals surface area contributed by atoms with E-state index >= 15 is 0 Å². The molecule has 62 valence electrons. The maximum atomic E-state index is 11.9. The molecular weight excluding hydrogens is 196 g/mol. The molecule has 0 N–H and O–H groups in total. The van der Waals surface area contributed by atoms with E-state index in [0.717, 1.165) is 0 Å². The van der Waals surface area contributed by atoms with Gasteiger partial charge >= 0.3 is 10.6 Å². The van der Waals surface area contributed by atoms with Crippen LogP contribution >= 0.6 is 11.6 Å². The van der Waals surface area contributed by atoms with Crippen molar-refractivity contribution in [1.82, 2.24) is 0 Å². The average molecular weight is 199 g/mol. The Balaban J connectivity index is 4.40. The predicted octanol–water partition coefficient (Wildman–Crippen LogP) is 1.79. The van der Waals surface area contributed by atoms with Gasteiger partial charge in [0.15, 0.2) is 0 Å². The van der Waals surface area contributed by atoms with E-state index in [1.54, 1.807) is 0 Å². The van der Waals surface area contributed by atoms with Crippen LogP contribution in [0.1, 0.15) is 0 Å². The molecular formula is C3H3ClF4OS. The summed E-state index contributed by atoms with van der Waals surface area (Å²) in [6.07, 6.45) is 0.455. The van der Waals surface area contributed by atoms with Crippen molar-refractivity contribution in [3.05, 3.63) is 0 Å². The van der Waals surface area contributed by atoms with E-state index in [0.29, 0.717) is 6.26 Å². The molecule has 0 aromatic heterocycles. The molecule has 10 heavy (non-hydrogen) atoms. The lowest BCUT2D eigenvalue weighted by Gasteiger charge is -2.20. The first kappa shape index (κ1) is 10.3. The lowest BCUT2D eigenvalue weighted by Crippen LogP contribution is -2.42. The highest BCUT2D eigenvalue weighted by molar-refractivity contribution is 7.91. The van der Waals surface area contributed by atoms with Crippen molar-refractivity contribution in [3.63, 3.8) is 0 Å². The molecule has 0 amide bonds. The van der Waals surface area contributed by atoms with Gasteiger partial charge in [-0.05, 0) is 11.6 Å². The maximum absolute atomic E-state index is 11.9. The fourth-order valence-corrected chi connectivity index (χ4v) is 0.815. The quantitative estimate of drug-likeness (QED) is 0.377. The van der Waals surface area contributed by atoms with Crippen molar-refractivity contribution >= 4 is 22.8 Å². The Hall–Kier alpha value is 0.320. The topological polar surface area (TPSA) is 23.1 Å². The molecule has 0 bridgehead atoms.